The highest BCUT2D eigenvalue weighted by Gasteiger charge is 2.59. The normalized spacial score (nSPS) is 28.9. The van der Waals surface area contributed by atoms with Gasteiger partial charge in [0.15, 0.2) is 15.5 Å². The molecule has 0 bridgehead atoms. The first-order valence-corrected chi connectivity index (χ1v) is 24.0. The second-order valence-electron chi connectivity index (χ2n) is 16.5. The first kappa shape index (κ1) is 38.0. The Bertz CT molecular complexity index is 1700. The molecule has 0 spiro atoms. The molecule has 0 radical (unpaired) electrons. The van der Waals surface area contributed by atoms with Crippen LogP contribution in [0.1, 0.15) is 33.6 Å². The van der Waals surface area contributed by atoms with E-state index in [4.69, 9.17) is 0 Å². The lowest BCUT2D eigenvalue weighted by atomic mass is 9.95. The summed E-state index contributed by atoms with van der Waals surface area (Å²) in [4.78, 5) is 30.2. The standard InChI is InChI=1S/C36H56N8O5SSi/c1-26(2)24-41-17-19-42(20-18-41)43(47)25-29-23-28(11-12-31(29)40-43)34(50(48,49)21-22-51(4,5)6)27(3)38-35(45)44(30-13-15-37-16-14-30)33-10-8-7-9-32(33)39-36(44)46/h7-12,23,25-27,30-31,34,37,40H,13-22,24H2,1-6H3,(H-,38,39,45,46)/p+1. The maximum Gasteiger partial charge on any atom is 0.435 e. The summed E-state index contributed by atoms with van der Waals surface area (Å²) in [5.74, 6) is 0.539. The first-order valence-electron chi connectivity index (χ1n) is 18.5. The highest BCUT2D eigenvalue weighted by Crippen LogP contribution is 2.43. The number of para-hydroxylation sites is 2. The largest absolute Gasteiger partial charge is 0.586 e. The number of piperazine rings is 1. The fraction of sp³-hybridized carbons (Fsp3) is 0.611. The van der Waals surface area contributed by atoms with Crippen molar-refractivity contribution in [3.63, 3.8) is 0 Å². The number of imide groups is 1. The second-order valence-corrected chi connectivity index (χ2v) is 24.4. The summed E-state index contributed by atoms with van der Waals surface area (Å²) in [7, 11) is -5.55. The number of carbonyl (C=O) groups excluding carboxylic acids is 2. The van der Waals surface area contributed by atoms with E-state index in [1.54, 1.807) is 25.3 Å². The Morgan fingerprint density at radius 1 is 1.08 bits per heavy atom. The predicted octanol–water partition coefficient (Wildman–Crippen LogP) is 4.28. The van der Waals surface area contributed by atoms with Crippen LogP contribution in [0.25, 0.3) is 0 Å². The molecule has 1 aromatic carbocycles. The van der Waals surface area contributed by atoms with E-state index in [9.17, 15) is 23.2 Å². The molecule has 51 heavy (non-hydrogen) atoms. The monoisotopic (exact) mass is 741 g/mol. The van der Waals surface area contributed by atoms with E-state index in [0.29, 0.717) is 73.5 Å². The maximum absolute atomic E-state index is 14.7. The number of rotatable bonds is 11. The molecule has 4 aliphatic heterocycles. The summed E-state index contributed by atoms with van der Waals surface area (Å²) in [6.07, 6.45) is 8.33. The van der Waals surface area contributed by atoms with Gasteiger partial charge in [0.25, 0.3) is 0 Å². The number of carbonyl (C=O) groups is 2. The van der Waals surface area contributed by atoms with E-state index in [2.05, 4.69) is 59.8 Å². The van der Waals surface area contributed by atoms with Gasteiger partial charge in [-0.25, -0.2) is 18.0 Å². The molecular formula is C36H57N8O5SSi+. The molecule has 15 heteroatoms. The zero-order chi connectivity index (χ0) is 36.8. The van der Waals surface area contributed by atoms with Crippen molar-refractivity contribution in [3.8, 4) is 0 Å². The minimum atomic E-state index is -3.80. The van der Waals surface area contributed by atoms with Crippen LogP contribution >= 0.6 is 0 Å². The van der Waals surface area contributed by atoms with Crippen molar-refractivity contribution in [2.24, 2.45) is 5.92 Å². The Morgan fingerprint density at radius 3 is 2.43 bits per heavy atom. The van der Waals surface area contributed by atoms with Crippen molar-refractivity contribution in [2.75, 3.05) is 56.9 Å². The Labute approximate surface area is 304 Å². The van der Waals surface area contributed by atoms with Gasteiger partial charge in [0.1, 0.15) is 29.2 Å². The van der Waals surface area contributed by atoms with Gasteiger partial charge in [-0.1, -0.05) is 57.8 Å². The van der Waals surface area contributed by atoms with E-state index in [0.717, 1.165) is 19.6 Å². The van der Waals surface area contributed by atoms with E-state index in [-0.39, 0.29) is 17.8 Å². The van der Waals surface area contributed by atoms with Crippen LogP contribution in [0.3, 0.4) is 0 Å². The second kappa shape index (κ2) is 14.6. The quantitative estimate of drug-likeness (QED) is 0.148. The van der Waals surface area contributed by atoms with Crippen LogP contribution in [-0.4, -0.2) is 118 Å². The van der Waals surface area contributed by atoms with Crippen molar-refractivity contribution in [3.05, 3.63) is 65.0 Å². The first-order chi connectivity index (χ1) is 24.0. The van der Waals surface area contributed by atoms with Crippen molar-refractivity contribution in [1.82, 2.24) is 30.5 Å². The number of hydrogen-bond donors (Lipinski definition) is 4. The Morgan fingerprint density at radius 2 is 1.76 bits per heavy atom. The number of fused-ring (bicyclic) bond motifs is 2. The molecule has 2 fully saturated rings. The van der Waals surface area contributed by atoms with Gasteiger partial charge in [-0.3, -0.25) is 5.32 Å². The van der Waals surface area contributed by atoms with Crippen molar-refractivity contribution >= 4 is 41.3 Å². The zero-order valence-corrected chi connectivity index (χ0v) is 32.8. The van der Waals surface area contributed by atoms with Crippen LogP contribution in [0.2, 0.25) is 25.7 Å². The summed E-state index contributed by atoms with van der Waals surface area (Å²) in [6, 6.07) is 5.32. The molecule has 5 atom stereocenters. The number of sulfone groups is 1. The van der Waals surface area contributed by atoms with Gasteiger partial charge in [-0.2, -0.15) is 4.86 Å². The van der Waals surface area contributed by atoms with E-state index in [1.807, 2.05) is 35.4 Å². The summed E-state index contributed by atoms with van der Waals surface area (Å²) >= 11 is 0. The zero-order valence-electron chi connectivity index (χ0n) is 31.0. The van der Waals surface area contributed by atoms with E-state index >= 15 is 0 Å². The minimum absolute atomic E-state index is 0.0146. The van der Waals surface area contributed by atoms with Crippen molar-refractivity contribution in [1.29, 1.82) is 0 Å². The lowest BCUT2D eigenvalue weighted by molar-refractivity contribution is -0.986. The third kappa shape index (κ3) is 7.68. The van der Waals surface area contributed by atoms with Crippen LogP contribution in [0.15, 0.2) is 59.8 Å². The number of quaternary nitrogens is 2. The topological polar surface area (TPSA) is 146 Å². The molecular weight excluding hydrogens is 685 g/mol. The summed E-state index contributed by atoms with van der Waals surface area (Å²) in [6.45, 7) is 17.7. The number of allylic oxidation sites excluding steroid dienone is 1. The minimum Gasteiger partial charge on any atom is -0.586 e. The lowest BCUT2D eigenvalue weighted by Gasteiger charge is -2.47. The molecule has 280 valence electrons. The number of benzene rings is 1. The van der Waals surface area contributed by atoms with Gasteiger partial charge < -0.3 is 20.7 Å². The Kier molecular flexibility index (Phi) is 10.9. The summed E-state index contributed by atoms with van der Waals surface area (Å²) in [5.41, 5.74) is 5.60. The molecule has 0 saturated carbocycles. The van der Waals surface area contributed by atoms with Crippen molar-refractivity contribution < 1.29 is 22.9 Å². The lowest BCUT2D eigenvalue weighted by Crippen LogP contribution is -2.69. The van der Waals surface area contributed by atoms with Gasteiger partial charge in [-0.15, -0.1) is 14.9 Å². The van der Waals surface area contributed by atoms with Crippen LogP contribution in [0.5, 0.6) is 0 Å². The average molecular weight is 742 g/mol. The van der Waals surface area contributed by atoms with Crippen molar-refractivity contribution in [2.45, 2.75) is 82.7 Å². The molecule has 13 nitrogen and oxygen atoms in total. The number of piperidine rings is 1. The smallest absolute Gasteiger partial charge is 0.435 e. The van der Waals surface area contributed by atoms with E-state index in [1.165, 1.54) is 0 Å². The number of nitrogens with one attached hydrogen (secondary N) is 4. The molecule has 5 unspecified atom stereocenters. The molecule has 1 aromatic rings. The number of nitrogens with zero attached hydrogens (tertiary/aromatic N) is 4. The maximum atomic E-state index is 14.7. The molecule has 2 saturated heterocycles. The highest BCUT2D eigenvalue weighted by molar-refractivity contribution is 7.92. The number of hydrogen-bond acceptors (Lipinski definition) is 9. The van der Waals surface area contributed by atoms with Gasteiger partial charge in [0, 0.05) is 71.0 Å². The van der Waals surface area contributed by atoms with Crippen LogP contribution in [-0.2, 0) is 9.84 Å². The number of anilines is 1. The van der Waals surface area contributed by atoms with Gasteiger partial charge in [-0.05, 0) is 36.6 Å². The molecule has 6 rings (SSSR count). The fourth-order valence-electron chi connectivity index (χ4n) is 8.27. The predicted molar refractivity (Wildman–Crippen MR) is 206 cm³/mol. The summed E-state index contributed by atoms with van der Waals surface area (Å²) < 4.78 is 28.3. The van der Waals surface area contributed by atoms with Crippen LogP contribution in [0.4, 0.5) is 21.0 Å². The van der Waals surface area contributed by atoms with Gasteiger partial charge in [0.05, 0.1) is 19.1 Å². The molecule has 4 amide bonds. The number of hydroxylamine groups is 1. The van der Waals surface area contributed by atoms with Crippen LogP contribution < -0.4 is 25.9 Å². The Balaban J connectivity index is 1.31. The number of urea groups is 2. The molecule has 1 aliphatic carbocycles. The van der Waals surface area contributed by atoms with Crippen LogP contribution in [0, 0.1) is 11.1 Å². The molecule has 0 aromatic heterocycles. The molecule has 5 aliphatic rings. The SMILES string of the molecule is CC(C)CN1CCN([N+]2([O-])C=C3C=C(C(C(C)NC(=O)[N+]4(C5CCNCC5)C(=O)Nc5ccccc54)S(=O)(=O)CC[Si](C)(C)C)C=CC3N2)CC1. The molecule has 4 heterocycles. The third-order valence-electron chi connectivity index (χ3n) is 10.9. The van der Waals surface area contributed by atoms with E-state index < -0.39 is 50.6 Å². The van der Waals surface area contributed by atoms with Gasteiger partial charge >= 0.3 is 12.1 Å². The summed E-state index contributed by atoms with van der Waals surface area (Å²) in [5, 5.41) is 24.3. The average Bonchev–Trinajstić information content (AvgIpc) is 3.57. The molecule has 4 N–H and O–H groups in total. The Hall–Kier alpha value is -2.73. The fourth-order valence-corrected chi connectivity index (χ4v) is 13.4. The third-order valence-corrected chi connectivity index (χ3v) is 15.2. The highest BCUT2D eigenvalue weighted by atomic mass is 32.2. The number of amides is 4. The van der Waals surface area contributed by atoms with Gasteiger partial charge in [0.2, 0.25) is 0 Å².